The molecule has 0 spiro atoms. The zero-order chi connectivity index (χ0) is 22.3. The first-order valence-electron chi connectivity index (χ1n) is 10.1. The second-order valence-electron chi connectivity index (χ2n) is 8.12. The second kappa shape index (κ2) is 7.86. The summed E-state index contributed by atoms with van der Waals surface area (Å²) in [7, 11) is -3.81. The van der Waals surface area contributed by atoms with E-state index in [9.17, 15) is 18.3 Å². The quantitative estimate of drug-likeness (QED) is 0.561. The first kappa shape index (κ1) is 21.1. The van der Waals surface area contributed by atoms with Crippen molar-refractivity contribution < 1.29 is 13.5 Å². The maximum absolute atomic E-state index is 13.5. The third kappa shape index (κ3) is 3.73. The Bertz CT molecular complexity index is 1370. The number of aryl methyl sites for hydroxylation is 1. The number of fused-ring (bicyclic) bond motifs is 2. The van der Waals surface area contributed by atoms with E-state index < -0.39 is 15.4 Å². The van der Waals surface area contributed by atoms with E-state index in [-0.39, 0.29) is 28.5 Å². The van der Waals surface area contributed by atoms with Crippen LogP contribution in [0.3, 0.4) is 0 Å². The smallest absolute Gasteiger partial charge is 0.264 e. The standard InChI is InChI=1S/C23H25N3O4S/c1-14(2)9-10-26-19-6-4-3-5-16(19)22(27)21(23(26)28)18-13-31(29,30)20-8-7-15(12-24)11-17(20)25-18/h3-8,11,13-14,25,27H,9-10,12,24H2,1-2H3. The van der Waals surface area contributed by atoms with Crippen molar-refractivity contribution in [2.45, 2.75) is 38.3 Å². The number of hydrogen-bond acceptors (Lipinski definition) is 6. The number of nitrogens with one attached hydrogen (secondary N) is 1. The van der Waals surface area contributed by atoms with Crippen LogP contribution in [0.15, 0.2) is 57.6 Å². The normalized spacial score (nSPS) is 14.9. The molecule has 8 heteroatoms. The molecule has 0 atom stereocenters. The average molecular weight is 440 g/mol. The summed E-state index contributed by atoms with van der Waals surface area (Å²) in [6, 6.07) is 11.9. The van der Waals surface area contributed by atoms with Crippen molar-refractivity contribution in [1.29, 1.82) is 0 Å². The van der Waals surface area contributed by atoms with E-state index >= 15 is 0 Å². The summed E-state index contributed by atoms with van der Waals surface area (Å²) >= 11 is 0. The van der Waals surface area contributed by atoms with Crippen LogP contribution in [0.25, 0.3) is 16.6 Å². The molecule has 4 N–H and O–H groups in total. The predicted molar refractivity (Wildman–Crippen MR) is 122 cm³/mol. The molecule has 0 fully saturated rings. The number of benzene rings is 2. The fourth-order valence-electron chi connectivity index (χ4n) is 3.81. The molecule has 2 heterocycles. The lowest BCUT2D eigenvalue weighted by Crippen LogP contribution is -2.27. The minimum absolute atomic E-state index is 0.0493. The molecule has 0 unspecified atom stereocenters. The van der Waals surface area contributed by atoms with Crippen LogP contribution in [0.1, 0.15) is 31.4 Å². The fraction of sp³-hybridized carbons (Fsp3) is 0.261. The van der Waals surface area contributed by atoms with Crippen LogP contribution in [-0.4, -0.2) is 18.1 Å². The van der Waals surface area contributed by atoms with Crippen LogP contribution in [0.2, 0.25) is 0 Å². The van der Waals surface area contributed by atoms with Gasteiger partial charge in [0.15, 0.2) is 0 Å². The Labute approximate surface area is 180 Å². The molecule has 2 aromatic carbocycles. The topological polar surface area (TPSA) is 114 Å². The summed E-state index contributed by atoms with van der Waals surface area (Å²) < 4.78 is 27.4. The van der Waals surface area contributed by atoms with Gasteiger partial charge in [0.2, 0.25) is 9.84 Å². The molecule has 162 valence electrons. The Hall–Kier alpha value is -3.10. The lowest BCUT2D eigenvalue weighted by atomic mass is 10.1. The minimum Gasteiger partial charge on any atom is -0.506 e. The van der Waals surface area contributed by atoms with Crippen molar-refractivity contribution in [3.63, 3.8) is 0 Å². The molecule has 0 aliphatic carbocycles. The highest BCUT2D eigenvalue weighted by molar-refractivity contribution is 7.94. The van der Waals surface area contributed by atoms with Crippen LogP contribution >= 0.6 is 0 Å². The maximum Gasteiger partial charge on any atom is 0.264 e. The minimum atomic E-state index is -3.81. The average Bonchev–Trinajstić information content (AvgIpc) is 2.72. The van der Waals surface area contributed by atoms with Crippen LogP contribution in [0.4, 0.5) is 5.69 Å². The van der Waals surface area contributed by atoms with Gasteiger partial charge in [0, 0.05) is 18.5 Å². The summed E-state index contributed by atoms with van der Waals surface area (Å²) in [5, 5.41) is 15.5. The van der Waals surface area contributed by atoms with Crippen molar-refractivity contribution >= 4 is 32.1 Å². The second-order valence-corrected chi connectivity index (χ2v) is 9.88. The van der Waals surface area contributed by atoms with Crippen LogP contribution in [0, 0.1) is 5.92 Å². The monoisotopic (exact) mass is 439 g/mol. The molecule has 0 bridgehead atoms. The van der Waals surface area contributed by atoms with Crippen LogP contribution in [-0.2, 0) is 22.9 Å². The highest BCUT2D eigenvalue weighted by Gasteiger charge is 2.28. The molecule has 31 heavy (non-hydrogen) atoms. The van der Waals surface area contributed by atoms with Gasteiger partial charge in [0.1, 0.15) is 11.3 Å². The summed E-state index contributed by atoms with van der Waals surface area (Å²) in [6.07, 6.45) is 0.765. The Kier molecular flexibility index (Phi) is 5.36. The first-order valence-corrected chi connectivity index (χ1v) is 11.7. The highest BCUT2D eigenvalue weighted by atomic mass is 32.2. The molecule has 0 saturated heterocycles. The van der Waals surface area contributed by atoms with E-state index in [2.05, 4.69) is 19.2 Å². The van der Waals surface area contributed by atoms with Gasteiger partial charge in [-0.25, -0.2) is 8.42 Å². The highest BCUT2D eigenvalue weighted by Crippen LogP contribution is 2.37. The van der Waals surface area contributed by atoms with E-state index in [1.54, 1.807) is 41.0 Å². The van der Waals surface area contributed by atoms with Gasteiger partial charge in [0.05, 0.1) is 27.2 Å². The van der Waals surface area contributed by atoms with E-state index in [1.807, 2.05) is 0 Å². The number of anilines is 1. The third-order valence-corrected chi connectivity index (χ3v) is 6.99. The summed E-state index contributed by atoms with van der Waals surface area (Å²) in [5.74, 6) is 0.130. The van der Waals surface area contributed by atoms with Crippen LogP contribution < -0.4 is 16.6 Å². The number of para-hydroxylation sites is 1. The maximum atomic E-state index is 13.5. The molecular weight excluding hydrogens is 414 g/mol. The molecule has 1 aromatic heterocycles. The lowest BCUT2D eigenvalue weighted by Gasteiger charge is -2.22. The summed E-state index contributed by atoms with van der Waals surface area (Å²) in [5.41, 5.74) is 6.94. The summed E-state index contributed by atoms with van der Waals surface area (Å²) in [4.78, 5) is 13.6. The summed E-state index contributed by atoms with van der Waals surface area (Å²) in [6.45, 7) is 4.84. The molecule has 1 aliphatic rings. The van der Waals surface area contributed by atoms with Gasteiger partial charge in [-0.2, -0.15) is 0 Å². The van der Waals surface area contributed by atoms with Gasteiger partial charge in [0.25, 0.3) is 5.56 Å². The van der Waals surface area contributed by atoms with Crippen molar-refractivity contribution in [2.75, 3.05) is 5.32 Å². The van der Waals surface area contributed by atoms with Crippen molar-refractivity contribution in [3.8, 4) is 5.75 Å². The molecule has 0 amide bonds. The van der Waals surface area contributed by atoms with Gasteiger partial charge in [-0.3, -0.25) is 4.79 Å². The molecule has 1 aliphatic heterocycles. The predicted octanol–water partition coefficient (Wildman–Crippen LogP) is 3.41. The van der Waals surface area contributed by atoms with Crippen molar-refractivity contribution in [3.05, 3.63) is 69.4 Å². The zero-order valence-electron chi connectivity index (χ0n) is 17.4. The van der Waals surface area contributed by atoms with Gasteiger partial charge in [-0.15, -0.1) is 0 Å². The zero-order valence-corrected chi connectivity index (χ0v) is 18.2. The number of nitrogens with two attached hydrogens (primary N) is 1. The number of sulfone groups is 1. The van der Waals surface area contributed by atoms with E-state index in [1.165, 1.54) is 6.07 Å². The first-order chi connectivity index (χ1) is 14.7. The van der Waals surface area contributed by atoms with E-state index in [0.717, 1.165) is 17.4 Å². The Morgan fingerprint density at radius 1 is 1.16 bits per heavy atom. The fourth-order valence-corrected chi connectivity index (χ4v) is 5.09. The molecule has 7 nitrogen and oxygen atoms in total. The van der Waals surface area contributed by atoms with Crippen LogP contribution in [0.5, 0.6) is 5.75 Å². The molecule has 0 saturated carbocycles. The number of hydrogen-bond donors (Lipinski definition) is 3. The number of rotatable bonds is 5. The Morgan fingerprint density at radius 2 is 1.90 bits per heavy atom. The van der Waals surface area contributed by atoms with E-state index in [4.69, 9.17) is 5.73 Å². The molecule has 0 radical (unpaired) electrons. The van der Waals surface area contributed by atoms with Crippen molar-refractivity contribution in [2.24, 2.45) is 11.7 Å². The third-order valence-electron chi connectivity index (χ3n) is 5.47. The largest absolute Gasteiger partial charge is 0.506 e. The Balaban J connectivity index is 1.96. The number of pyridine rings is 1. The van der Waals surface area contributed by atoms with Crippen molar-refractivity contribution in [1.82, 2.24) is 4.57 Å². The lowest BCUT2D eigenvalue weighted by molar-refractivity contribution is 0.473. The molecule has 3 aromatic rings. The number of aromatic hydroxyl groups is 1. The molecule has 4 rings (SSSR count). The number of nitrogens with zero attached hydrogens (tertiary/aromatic N) is 1. The number of aromatic nitrogens is 1. The van der Waals surface area contributed by atoms with Gasteiger partial charge >= 0.3 is 0 Å². The van der Waals surface area contributed by atoms with Gasteiger partial charge in [-0.05, 0) is 42.2 Å². The van der Waals surface area contributed by atoms with E-state index in [0.29, 0.717) is 29.1 Å². The SMILES string of the molecule is CC(C)CCn1c(=O)c(C2=CS(=O)(=O)c3ccc(CN)cc3N2)c(O)c2ccccc21. The van der Waals surface area contributed by atoms with Gasteiger partial charge in [-0.1, -0.05) is 32.0 Å². The van der Waals surface area contributed by atoms with Gasteiger partial charge < -0.3 is 20.7 Å². The Morgan fingerprint density at radius 3 is 2.61 bits per heavy atom. The molecular formula is C23H25N3O4S.